The molecule has 0 radical (unpaired) electrons. The number of aryl methyl sites for hydroxylation is 1. The van der Waals surface area contributed by atoms with Crippen LogP contribution in [0.3, 0.4) is 0 Å². The number of rotatable bonds is 5. The maximum absolute atomic E-state index is 13.0. The maximum Gasteiger partial charge on any atom is 0.270 e. The highest BCUT2D eigenvalue weighted by Crippen LogP contribution is 2.23. The molecule has 2 aromatic heterocycles. The number of nitrogens with zero attached hydrogens (tertiary/aromatic N) is 2. The van der Waals surface area contributed by atoms with Crippen LogP contribution in [0.15, 0.2) is 48.7 Å². The quantitative estimate of drug-likeness (QED) is 0.651. The minimum Gasteiger partial charge on any atom is -0.345 e. The molecule has 4 rings (SSSR count). The first-order chi connectivity index (χ1) is 14.1. The SMILES string of the molecule is Cc1ccc(Cc2cc(C(=O)N[C@H]3CCCC[C@@H]3ON)nc3ccccc23)cn1. The molecule has 0 aliphatic heterocycles. The molecule has 0 unspecified atom stereocenters. The Morgan fingerprint density at radius 1 is 1.21 bits per heavy atom. The number of amides is 1. The van der Waals surface area contributed by atoms with Gasteiger partial charge in [0, 0.05) is 17.3 Å². The molecule has 29 heavy (non-hydrogen) atoms. The van der Waals surface area contributed by atoms with Crippen molar-refractivity contribution in [1.29, 1.82) is 0 Å². The lowest BCUT2D eigenvalue weighted by atomic mass is 9.92. The van der Waals surface area contributed by atoms with Crippen molar-refractivity contribution in [2.24, 2.45) is 5.90 Å². The second kappa shape index (κ2) is 8.68. The van der Waals surface area contributed by atoms with Crippen molar-refractivity contribution in [2.45, 2.75) is 51.2 Å². The fourth-order valence-corrected chi connectivity index (χ4v) is 4.00. The Morgan fingerprint density at radius 2 is 2.03 bits per heavy atom. The standard InChI is InChI=1S/C23H26N4O2/c1-15-10-11-16(14-25-15)12-17-13-21(26-19-7-3-2-6-18(17)19)23(28)27-20-8-4-5-9-22(20)29-24/h2-3,6-7,10-11,13-14,20,22H,4-5,8-9,12,24H2,1H3,(H,27,28)/t20-,22-/m0/s1. The van der Waals surface area contributed by atoms with Gasteiger partial charge < -0.3 is 5.32 Å². The average Bonchev–Trinajstić information content (AvgIpc) is 2.75. The van der Waals surface area contributed by atoms with Crippen molar-refractivity contribution in [2.75, 3.05) is 0 Å². The molecule has 1 fully saturated rings. The summed E-state index contributed by atoms with van der Waals surface area (Å²) in [5, 5.41) is 4.13. The molecular weight excluding hydrogens is 364 g/mol. The number of carbonyl (C=O) groups is 1. The Kier molecular flexibility index (Phi) is 5.83. The zero-order valence-corrected chi connectivity index (χ0v) is 16.6. The largest absolute Gasteiger partial charge is 0.345 e. The van der Waals surface area contributed by atoms with Crippen molar-refractivity contribution in [3.05, 3.63) is 71.2 Å². The summed E-state index contributed by atoms with van der Waals surface area (Å²) in [5.41, 5.74) is 4.37. The Bertz CT molecular complexity index is 1000. The zero-order chi connectivity index (χ0) is 20.2. The molecule has 1 amide bonds. The van der Waals surface area contributed by atoms with Crippen LogP contribution in [0.4, 0.5) is 0 Å². The number of carbonyl (C=O) groups excluding carboxylic acids is 1. The van der Waals surface area contributed by atoms with E-state index in [1.807, 2.05) is 49.5 Å². The van der Waals surface area contributed by atoms with Crippen molar-refractivity contribution in [3.63, 3.8) is 0 Å². The number of para-hydroxylation sites is 1. The first-order valence-corrected chi connectivity index (χ1v) is 10.1. The number of pyridine rings is 2. The molecule has 1 saturated carbocycles. The molecule has 1 aliphatic rings. The van der Waals surface area contributed by atoms with Crippen LogP contribution in [0, 0.1) is 6.92 Å². The maximum atomic E-state index is 13.0. The van der Waals surface area contributed by atoms with Gasteiger partial charge in [0.2, 0.25) is 0 Å². The van der Waals surface area contributed by atoms with Gasteiger partial charge in [0.25, 0.3) is 5.91 Å². The van der Waals surface area contributed by atoms with Crippen LogP contribution in [-0.4, -0.2) is 28.0 Å². The molecule has 0 bridgehead atoms. The summed E-state index contributed by atoms with van der Waals surface area (Å²) in [6.07, 6.45) is 6.27. The molecule has 1 aliphatic carbocycles. The fraction of sp³-hybridized carbons (Fsp3) is 0.348. The normalized spacial score (nSPS) is 19.2. The highest BCUT2D eigenvalue weighted by molar-refractivity contribution is 5.96. The number of fused-ring (bicyclic) bond motifs is 1. The molecule has 150 valence electrons. The molecule has 0 saturated heterocycles. The predicted octanol–water partition coefficient (Wildman–Crippen LogP) is 3.46. The molecule has 0 spiro atoms. The fourth-order valence-electron chi connectivity index (χ4n) is 4.00. The number of hydrogen-bond acceptors (Lipinski definition) is 5. The summed E-state index contributed by atoms with van der Waals surface area (Å²) < 4.78 is 0. The molecule has 6 heteroatoms. The molecule has 3 N–H and O–H groups in total. The predicted molar refractivity (Wildman–Crippen MR) is 112 cm³/mol. The molecule has 2 atom stereocenters. The van der Waals surface area contributed by atoms with E-state index in [9.17, 15) is 4.79 Å². The van der Waals surface area contributed by atoms with Crippen LogP contribution in [0.1, 0.15) is 53.0 Å². The molecule has 1 aromatic carbocycles. The molecule has 6 nitrogen and oxygen atoms in total. The highest BCUT2D eigenvalue weighted by atomic mass is 16.6. The summed E-state index contributed by atoms with van der Waals surface area (Å²) in [7, 11) is 0. The van der Waals surface area contributed by atoms with Crippen LogP contribution < -0.4 is 11.2 Å². The Labute approximate surface area is 170 Å². The van der Waals surface area contributed by atoms with Gasteiger partial charge in [0.15, 0.2) is 0 Å². The molecule has 3 aromatic rings. The second-order valence-corrected chi connectivity index (χ2v) is 7.71. The van der Waals surface area contributed by atoms with Crippen molar-refractivity contribution in [3.8, 4) is 0 Å². The van der Waals surface area contributed by atoms with Gasteiger partial charge in [-0.3, -0.25) is 14.6 Å². The van der Waals surface area contributed by atoms with E-state index >= 15 is 0 Å². The van der Waals surface area contributed by atoms with E-state index < -0.39 is 0 Å². The third kappa shape index (κ3) is 4.44. The lowest BCUT2D eigenvalue weighted by Crippen LogP contribution is -2.47. The minimum absolute atomic E-state index is 0.0840. The van der Waals surface area contributed by atoms with Gasteiger partial charge >= 0.3 is 0 Å². The number of benzene rings is 1. The lowest BCUT2D eigenvalue weighted by Gasteiger charge is -2.30. The minimum atomic E-state index is -0.187. The number of hydrogen-bond donors (Lipinski definition) is 2. The zero-order valence-electron chi connectivity index (χ0n) is 16.6. The van der Waals surface area contributed by atoms with E-state index in [4.69, 9.17) is 10.7 Å². The molecular formula is C23H26N4O2. The van der Waals surface area contributed by atoms with Gasteiger partial charge in [-0.15, -0.1) is 0 Å². The summed E-state index contributed by atoms with van der Waals surface area (Å²) in [6, 6.07) is 13.8. The average molecular weight is 390 g/mol. The number of nitrogens with one attached hydrogen (secondary N) is 1. The van der Waals surface area contributed by atoms with Gasteiger partial charge in [0.1, 0.15) is 5.69 Å². The first-order valence-electron chi connectivity index (χ1n) is 10.1. The molecule has 2 heterocycles. The van der Waals surface area contributed by atoms with Crippen LogP contribution >= 0.6 is 0 Å². The van der Waals surface area contributed by atoms with E-state index in [0.29, 0.717) is 12.1 Å². The van der Waals surface area contributed by atoms with Crippen molar-refractivity contribution >= 4 is 16.8 Å². The van der Waals surface area contributed by atoms with Crippen LogP contribution in [0.5, 0.6) is 0 Å². The second-order valence-electron chi connectivity index (χ2n) is 7.71. The van der Waals surface area contributed by atoms with Gasteiger partial charge in [-0.2, -0.15) is 0 Å². The number of nitrogens with two attached hydrogens (primary N) is 1. The smallest absolute Gasteiger partial charge is 0.270 e. The monoisotopic (exact) mass is 390 g/mol. The van der Waals surface area contributed by atoms with Gasteiger partial charge in [-0.25, -0.2) is 10.9 Å². The third-order valence-corrected chi connectivity index (χ3v) is 5.60. The lowest BCUT2D eigenvalue weighted by molar-refractivity contribution is 0.00458. The first kappa shape index (κ1) is 19.5. The Balaban J connectivity index is 1.64. The van der Waals surface area contributed by atoms with E-state index in [1.54, 1.807) is 0 Å². The van der Waals surface area contributed by atoms with Crippen LogP contribution in [0.25, 0.3) is 10.9 Å². The van der Waals surface area contributed by atoms with Crippen molar-refractivity contribution in [1.82, 2.24) is 15.3 Å². The number of aromatic nitrogens is 2. The van der Waals surface area contributed by atoms with Crippen LogP contribution in [0.2, 0.25) is 0 Å². The van der Waals surface area contributed by atoms with E-state index in [2.05, 4.69) is 21.4 Å². The Morgan fingerprint density at radius 3 is 2.83 bits per heavy atom. The highest BCUT2D eigenvalue weighted by Gasteiger charge is 2.27. The third-order valence-electron chi connectivity index (χ3n) is 5.60. The van der Waals surface area contributed by atoms with Gasteiger partial charge in [-0.1, -0.05) is 37.1 Å². The summed E-state index contributed by atoms with van der Waals surface area (Å²) in [4.78, 5) is 27.1. The summed E-state index contributed by atoms with van der Waals surface area (Å²) in [5.74, 6) is 5.24. The van der Waals surface area contributed by atoms with Gasteiger partial charge in [0.05, 0.1) is 17.7 Å². The summed E-state index contributed by atoms with van der Waals surface area (Å²) in [6.45, 7) is 1.97. The van der Waals surface area contributed by atoms with Crippen LogP contribution in [-0.2, 0) is 11.3 Å². The van der Waals surface area contributed by atoms with E-state index in [-0.39, 0.29) is 18.1 Å². The van der Waals surface area contributed by atoms with Gasteiger partial charge in [-0.05, 0) is 55.5 Å². The topological polar surface area (TPSA) is 90.1 Å². The van der Waals surface area contributed by atoms with E-state index in [1.165, 1.54) is 0 Å². The Hall–Kier alpha value is -2.83. The van der Waals surface area contributed by atoms with Crippen molar-refractivity contribution < 1.29 is 9.63 Å². The van der Waals surface area contributed by atoms with E-state index in [0.717, 1.165) is 53.4 Å². The summed E-state index contributed by atoms with van der Waals surface area (Å²) >= 11 is 0.